The molecule has 5 nitrogen and oxygen atoms in total. The van der Waals surface area contributed by atoms with E-state index in [4.69, 9.17) is 13.6 Å². The van der Waals surface area contributed by atoms with E-state index >= 15 is 0 Å². The summed E-state index contributed by atoms with van der Waals surface area (Å²) in [5.41, 5.74) is 7.68. The van der Waals surface area contributed by atoms with E-state index in [0.29, 0.717) is 5.75 Å². The van der Waals surface area contributed by atoms with Gasteiger partial charge in [0.25, 0.3) is 0 Å². The Kier molecular flexibility index (Phi) is 14.0. The first-order chi connectivity index (χ1) is 25.1. The first-order valence-corrected chi connectivity index (χ1v) is 22.4. The van der Waals surface area contributed by atoms with E-state index in [1.807, 2.05) is 0 Å². The molecule has 0 N–H and O–H groups in total. The zero-order chi connectivity index (χ0) is 37.3. The van der Waals surface area contributed by atoms with Crippen LogP contribution in [0.25, 0.3) is 21.5 Å². The van der Waals surface area contributed by atoms with Crippen LogP contribution in [0.1, 0.15) is 113 Å². The minimum atomic E-state index is -3.36. The van der Waals surface area contributed by atoms with Crippen molar-refractivity contribution in [1.29, 1.82) is 0 Å². The lowest BCUT2D eigenvalue weighted by Gasteiger charge is -2.23. The Bertz CT molecular complexity index is 1960. The maximum Gasteiger partial charge on any atom is 0.530 e. The van der Waals surface area contributed by atoms with Gasteiger partial charge in [-0.2, -0.15) is 0 Å². The Balaban J connectivity index is 1.64. The van der Waals surface area contributed by atoms with E-state index in [2.05, 4.69) is 90.1 Å². The van der Waals surface area contributed by atoms with Crippen LogP contribution in [0.2, 0.25) is 0 Å². The van der Waals surface area contributed by atoms with Gasteiger partial charge in [0.15, 0.2) is 9.84 Å². The Morgan fingerprint density at radius 1 is 0.481 bits per heavy atom. The fraction of sp³-hybridized carbons (Fsp3) is 0.422. The highest BCUT2D eigenvalue weighted by molar-refractivity contribution is 7.90. The van der Waals surface area contributed by atoms with Crippen molar-refractivity contribution < 1.29 is 22.0 Å². The fourth-order valence-electron chi connectivity index (χ4n) is 7.14. The number of hydrogen-bond donors (Lipinski definition) is 0. The summed E-state index contributed by atoms with van der Waals surface area (Å²) in [7, 11) is -5.36. The summed E-state index contributed by atoms with van der Waals surface area (Å²) in [5.74, 6) is 2.02. The predicted octanol–water partition coefficient (Wildman–Crippen LogP) is 12.9. The average molecular weight is 741 g/mol. The van der Waals surface area contributed by atoms with Gasteiger partial charge in [0.2, 0.25) is 0 Å². The van der Waals surface area contributed by atoms with Crippen LogP contribution in [-0.4, -0.2) is 14.7 Å². The van der Waals surface area contributed by atoms with E-state index in [9.17, 15) is 8.42 Å². The molecule has 0 unspecified atom stereocenters. The van der Waals surface area contributed by atoms with Gasteiger partial charge in [-0.25, -0.2) is 8.42 Å². The van der Waals surface area contributed by atoms with E-state index in [-0.39, 0.29) is 4.90 Å². The third kappa shape index (κ3) is 9.88. The van der Waals surface area contributed by atoms with Crippen molar-refractivity contribution in [1.82, 2.24) is 0 Å². The number of sulfone groups is 1. The third-order valence-corrected chi connectivity index (χ3v) is 11.7. The summed E-state index contributed by atoms with van der Waals surface area (Å²) in [5, 5.41) is 4.90. The van der Waals surface area contributed by atoms with Gasteiger partial charge < -0.3 is 13.6 Å². The van der Waals surface area contributed by atoms with Crippen LogP contribution >= 0.6 is 8.60 Å². The highest BCUT2D eigenvalue weighted by Gasteiger charge is 2.25. The Labute approximate surface area is 314 Å². The minimum Gasteiger partial charge on any atom is -0.409 e. The van der Waals surface area contributed by atoms with Crippen molar-refractivity contribution in [3.63, 3.8) is 0 Å². The molecule has 0 heterocycles. The van der Waals surface area contributed by atoms with Gasteiger partial charge in [0, 0.05) is 6.26 Å². The summed E-state index contributed by atoms with van der Waals surface area (Å²) < 4.78 is 44.8. The van der Waals surface area contributed by atoms with Gasteiger partial charge in [-0.1, -0.05) is 104 Å². The fourth-order valence-corrected chi connectivity index (χ4v) is 8.83. The molecule has 0 aliphatic heterocycles. The van der Waals surface area contributed by atoms with Crippen LogP contribution in [-0.2, 0) is 48.4 Å². The van der Waals surface area contributed by atoms with E-state index < -0.39 is 18.4 Å². The molecule has 5 aromatic carbocycles. The van der Waals surface area contributed by atoms with Crippen LogP contribution in [0, 0.1) is 0 Å². The van der Waals surface area contributed by atoms with E-state index in [1.165, 1.54) is 50.1 Å². The molecule has 5 rings (SSSR count). The Morgan fingerprint density at radius 2 is 0.885 bits per heavy atom. The van der Waals surface area contributed by atoms with Crippen molar-refractivity contribution in [3.8, 4) is 17.2 Å². The average Bonchev–Trinajstić information content (AvgIpc) is 3.10. The standard InChI is InChI=1S/C45H57O5PS/c1-8-14-32-24-34(16-10-3)42-30-44(36(18-12-5)28-38(42)26-32)49-51(48-40-20-22-41(23-21-40)52(7,46)47)50-45-31-43-35(17-11-4)25-33(15-9-2)27-39(43)29-37(45)19-13-6/h20-31H,8-19H2,1-7H3. The van der Waals surface area contributed by atoms with Gasteiger partial charge >= 0.3 is 8.60 Å². The molecule has 0 bridgehead atoms. The van der Waals surface area contributed by atoms with Crippen molar-refractivity contribution >= 4 is 40.0 Å². The zero-order valence-corrected chi connectivity index (χ0v) is 34.0. The molecule has 0 aliphatic rings. The zero-order valence-electron chi connectivity index (χ0n) is 32.3. The van der Waals surface area contributed by atoms with Gasteiger partial charge in [-0.15, -0.1) is 0 Å². The number of hydrogen-bond acceptors (Lipinski definition) is 5. The minimum absolute atomic E-state index is 0.238. The summed E-state index contributed by atoms with van der Waals surface area (Å²) in [4.78, 5) is 0.238. The Hall–Kier alpha value is -3.60. The molecule has 0 saturated heterocycles. The first kappa shape index (κ1) is 39.6. The second-order valence-electron chi connectivity index (χ2n) is 14.1. The highest BCUT2D eigenvalue weighted by atomic mass is 32.2. The molecule has 0 aliphatic carbocycles. The lowest BCUT2D eigenvalue weighted by molar-refractivity contribution is 0.385. The quantitative estimate of drug-likeness (QED) is 0.0789. The molecule has 52 heavy (non-hydrogen) atoms. The second kappa shape index (κ2) is 18.4. The molecule has 278 valence electrons. The van der Waals surface area contributed by atoms with Crippen molar-refractivity contribution in [2.45, 2.75) is 123 Å². The van der Waals surface area contributed by atoms with Crippen LogP contribution < -0.4 is 13.6 Å². The monoisotopic (exact) mass is 740 g/mol. The third-order valence-electron chi connectivity index (χ3n) is 9.49. The van der Waals surface area contributed by atoms with Crippen molar-refractivity contribution in [3.05, 3.63) is 106 Å². The van der Waals surface area contributed by atoms with Crippen LogP contribution in [0.3, 0.4) is 0 Å². The SMILES string of the molecule is CCCc1cc(CCC)c2cc(OP(Oc3ccc(S(C)(=O)=O)cc3)Oc3cc4c(CCC)cc(CCC)cc4cc3CCC)c(CCC)cc2c1. The van der Waals surface area contributed by atoms with E-state index in [1.54, 1.807) is 24.3 Å². The number of rotatable bonds is 19. The maximum atomic E-state index is 12.2. The maximum absolute atomic E-state index is 12.2. The summed E-state index contributed by atoms with van der Waals surface area (Å²) in [6.45, 7) is 13.3. The van der Waals surface area contributed by atoms with Gasteiger partial charge in [0.05, 0.1) is 4.90 Å². The molecule has 0 amide bonds. The van der Waals surface area contributed by atoms with Crippen LogP contribution in [0.15, 0.2) is 77.7 Å². The van der Waals surface area contributed by atoms with Crippen molar-refractivity contribution in [2.24, 2.45) is 0 Å². The first-order valence-electron chi connectivity index (χ1n) is 19.4. The largest absolute Gasteiger partial charge is 0.530 e. The lowest BCUT2D eigenvalue weighted by Crippen LogP contribution is -2.06. The topological polar surface area (TPSA) is 61.8 Å². The molecular formula is C45H57O5PS. The smallest absolute Gasteiger partial charge is 0.409 e. The molecule has 0 fully saturated rings. The second-order valence-corrected chi connectivity index (χ2v) is 17.1. The molecule has 0 saturated carbocycles. The number of fused-ring (bicyclic) bond motifs is 2. The number of aryl methyl sites for hydroxylation is 6. The summed E-state index contributed by atoms with van der Waals surface area (Å²) in [6.07, 6.45) is 13.3. The van der Waals surface area contributed by atoms with Gasteiger partial charge in [-0.05, 0) is 142 Å². The molecule has 0 atom stereocenters. The van der Waals surface area contributed by atoms with Crippen LogP contribution in [0.5, 0.6) is 17.2 Å². The summed E-state index contributed by atoms with van der Waals surface area (Å²) >= 11 is 0. The molecule has 0 radical (unpaired) electrons. The normalized spacial score (nSPS) is 11.8. The van der Waals surface area contributed by atoms with Crippen LogP contribution in [0.4, 0.5) is 0 Å². The Morgan fingerprint density at radius 3 is 1.27 bits per heavy atom. The molecule has 7 heteroatoms. The molecule has 0 aromatic heterocycles. The van der Waals surface area contributed by atoms with Gasteiger partial charge in [0.1, 0.15) is 17.2 Å². The van der Waals surface area contributed by atoms with Crippen molar-refractivity contribution in [2.75, 3.05) is 6.26 Å². The lowest BCUT2D eigenvalue weighted by atomic mass is 9.94. The summed E-state index contributed by atoms with van der Waals surface area (Å²) in [6, 6.07) is 24.9. The van der Waals surface area contributed by atoms with E-state index in [0.717, 1.165) is 99.7 Å². The highest BCUT2D eigenvalue weighted by Crippen LogP contribution is 2.47. The molecule has 5 aromatic rings. The molecule has 0 spiro atoms. The molecular weight excluding hydrogens is 684 g/mol. The predicted molar refractivity (Wildman–Crippen MR) is 220 cm³/mol. The van der Waals surface area contributed by atoms with Gasteiger partial charge in [-0.3, -0.25) is 0 Å². The number of benzene rings is 5.